The summed E-state index contributed by atoms with van der Waals surface area (Å²) < 4.78 is 1.86. The van der Waals surface area contributed by atoms with Crippen LogP contribution in [0.1, 0.15) is 16.7 Å². The van der Waals surface area contributed by atoms with Crippen molar-refractivity contribution in [3.8, 4) is 0 Å². The van der Waals surface area contributed by atoms with Gasteiger partial charge in [0, 0.05) is 12.2 Å². The molecule has 2 amide bonds. The standard InChI is InChI=1S/C26H26N4O2S/c1-18-7-11-20(12-8-18)15-27-24(31)16-30-23-6-4-3-5-22(23)29-26(30)33-17-25(32)28-21-13-9-19(2)10-14-21/h3-14H,15-17H2,1-2H3,(H,27,31)(H,28,32). The van der Waals surface area contributed by atoms with E-state index in [2.05, 4.69) is 15.6 Å². The molecule has 168 valence electrons. The summed E-state index contributed by atoms with van der Waals surface area (Å²) in [5.74, 6) is -0.0293. The van der Waals surface area contributed by atoms with Crippen molar-refractivity contribution >= 4 is 40.3 Å². The highest BCUT2D eigenvalue weighted by molar-refractivity contribution is 7.99. The van der Waals surface area contributed by atoms with Gasteiger partial charge in [0.05, 0.1) is 16.8 Å². The first-order valence-electron chi connectivity index (χ1n) is 10.7. The van der Waals surface area contributed by atoms with Crippen LogP contribution in [0.15, 0.2) is 78.0 Å². The minimum absolute atomic E-state index is 0.107. The molecule has 4 rings (SSSR count). The molecule has 0 saturated heterocycles. The predicted molar refractivity (Wildman–Crippen MR) is 133 cm³/mol. The molecule has 1 aromatic heterocycles. The van der Waals surface area contributed by atoms with Crippen LogP contribution >= 0.6 is 11.8 Å². The number of thioether (sulfide) groups is 1. The molecule has 1 heterocycles. The Bertz CT molecular complexity index is 1260. The Hall–Kier alpha value is -3.58. The maximum Gasteiger partial charge on any atom is 0.240 e. The van der Waals surface area contributed by atoms with Gasteiger partial charge in [0.1, 0.15) is 6.54 Å². The van der Waals surface area contributed by atoms with E-state index < -0.39 is 0 Å². The Labute approximate surface area is 197 Å². The lowest BCUT2D eigenvalue weighted by Crippen LogP contribution is -2.27. The second-order valence-corrected chi connectivity index (χ2v) is 8.88. The highest BCUT2D eigenvalue weighted by atomic mass is 32.2. The fourth-order valence-corrected chi connectivity index (χ4v) is 4.20. The normalized spacial score (nSPS) is 10.8. The number of imidazole rings is 1. The minimum Gasteiger partial charge on any atom is -0.350 e. The molecule has 0 unspecified atom stereocenters. The van der Waals surface area contributed by atoms with Crippen LogP contribution in [0.2, 0.25) is 0 Å². The number of hydrogen-bond donors (Lipinski definition) is 2. The Balaban J connectivity index is 1.42. The summed E-state index contributed by atoms with van der Waals surface area (Å²) in [6.07, 6.45) is 0. The zero-order valence-corrected chi connectivity index (χ0v) is 19.5. The Morgan fingerprint density at radius 3 is 2.27 bits per heavy atom. The molecular weight excluding hydrogens is 432 g/mol. The second-order valence-electron chi connectivity index (χ2n) is 7.93. The number of rotatable bonds is 8. The molecule has 2 N–H and O–H groups in total. The number of aryl methyl sites for hydroxylation is 2. The van der Waals surface area contributed by atoms with Crippen LogP contribution in [0.3, 0.4) is 0 Å². The van der Waals surface area contributed by atoms with E-state index in [-0.39, 0.29) is 24.1 Å². The summed E-state index contributed by atoms with van der Waals surface area (Å²) in [6.45, 7) is 4.64. The number of nitrogens with one attached hydrogen (secondary N) is 2. The Kier molecular flexibility index (Phi) is 7.10. The van der Waals surface area contributed by atoms with Crippen molar-refractivity contribution in [3.63, 3.8) is 0 Å². The largest absolute Gasteiger partial charge is 0.350 e. The molecule has 0 bridgehead atoms. The number of hydrogen-bond acceptors (Lipinski definition) is 4. The zero-order valence-electron chi connectivity index (χ0n) is 18.7. The fraction of sp³-hybridized carbons (Fsp3) is 0.192. The number of carbonyl (C=O) groups is 2. The average molecular weight is 459 g/mol. The van der Waals surface area contributed by atoms with Gasteiger partial charge in [0.15, 0.2) is 5.16 Å². The fourth-order valence-electron chi connectivity index (χ4n) is 3.39. The van der Waals surface area contributed by atoms with E-state index >= 15 is 0 Å². The maximum absolute atomic E-state index is 12.7. The number of aromatic nitrogens is 2. The van der Waals surface area contributed by atoms with E-state index in [0.29, 0.717) is 11.7 Å². The van der Waals surface area contributed by atoms with E-state index in [9.17, 15) is 9.59 Å². The summed E-state index contributed by atoms with van der Waals surface area (Å²) in [4.78, 5) is 29.8. The SMILES string of the molecule is Cc1ccc(CNC(=O)Cn2c(SCC(=O)Nc3ccc(C)cc3)nc3ccccc32)cc1. The van der Waals surface area contributed by atoms with Gasteiger partial charge in [0.2, 0.25) is 11.8 Å². The van der Waals surface area contributed by atoms with Gasteiger partial charge in [-0.05, 0) is 43.7 Å². The first-order chi connectivity index (χ1) is 16.0. The summed E-state index contributed by atoms with van der Waals surface area (Å²) in [6, 6.07) is 23.4. The molecule has 0 spiro atoms. The van der Waals surface area contributed by atoms with Crippen molar-refractivity contribution < 1.29 is 9.59 Å². The van der Waals surface area contributed by atoms with Crippen LogP contribution in [0.5, 0.6) is 0 Å². The van der Waals surface area contributed by atoms with Gasteiger partial charge in [-0.25, -0.2) is 4.98 Å². The van der Waals surface area contributed by atoms with E-state index in [4.69, 9.17) is 0 Å². The highest BCUT2D eigenvalue weighted by Crippen LogP contribution is 2.24. The number of carbonyl (C=O) groups excluding carboxylic acids is 2. The molecule has 0 aliphatic heterocycles. The molecule has 0 atom stereocenters. The van der Waals surface area contributed by atoms with Crippen molar-refractivity contribution in [3.05, 3.63) is 89.5 Å². The summed E-state index contributed by atoms with van der Waals surface area (Å²) in [5, 5.41) is 6.51. The summed E-state index contributed by atoms with van der Waals surface area (Å²) in [5.41, 5.74) is 5.79. The lowest BCUT2D eigenvalue weighted by atomic mass is 10.1. The molecule has 6 nitrogen and oxygen atoms in total. The number of nitrogens with zero attached hydrogens (tertiary/aromatic N) is 2. The molecule has 33 heavy (non-hydrogen) atoms. The molecule has 0 aliphatic carbocycles. The predicted octanol–water partition coefficient (Wildman–Crippen LogP) is 4.70. The molecule has 0 radical (unpaired) electrons. The van der Waals surface area contributed by atoms with Crippen LogP contribution in [-0.2, 0) is 22.7 Å². The number of benzene rings is 3. The first-order valence-corrected chi connectivity index (χ1v) is 11.7. The lowest BCUT2D eigenvalue weighted by Gasteiger charge is -2.10. The first kappa shape index (κ1) is 22.6. The van der Waals surface area contributed by atoms with Gasteiger partial charge in [-0.15, -0.1) is 0 Å². The van der Waals surface area contributed by atoms with Crippen LogP contribution in [0, 0.1) is 13.8 Å². The summed E-state index contributed by atoms with van der Waals surface area (Å²) in [7, 11) is 0. The molecule has 0 saturated carbocycles. The van der Waals surface area contributed by atoms with Gasteiger partial charge >= 0.3 is 0 Å². The van der Waals surface area contributed by atoms with Crippen molar-refractivity contribution in [2.75, 3.05) is 11.1 Å². The topological polar surface area (TPSA) is 76.0 Å². The van der Waals surface area contributed by atoms with E-state index in [1.807, 2.05) is 91.2 Å². The number of anilines is 1. The molecular formula is C26H26N4O2S. The number of para-hydroxylation sites is 2. The third-order valence-corrected chi connectivity index (χ3v) is 6.18. The van der Waals surface area contributed by atoms with E-state index in [0.717, 1.165) is 27.8 Å². The monoisotopic (exact) mass is 458 g/mol. The Morgan fingerprint density at radius 1 is 0.879 bits per heavy atom. The number of fused-ring (bicyclic) bond motifs is 1. The molecule has 0 aliphatic rings. The van der Waals surface area contributed by atoms with Gasteiger partial charge in [-0.2, -0.15) is 0 Å². The second kappa shape index (κ2) is 10.4. The number of amides is 2. The Morgan fingerprint density at radius 2 is 1.55 bits per heavy atom. The highest BCUT2D eigenvalue weighted by Gasteiger charge is 2.15. The van der Waals surface area contributed by atoms with Gasteiger partial charge in [-0.1, -0.05) is 71.4 Å². The van der Waals surface area contributed by atoms with Gasteiger partial charge in [0.25, 0.3) is 0 Å². The quantitative estimate of drug-likeness (QED) is 0.375. The van der Waals surface area contributed by atoms with Gasteiger partial charge < -0.3 is 15.2 Å². The van der Waals surface area contributed by atoms with Crippen molar-refractivity contribution in [1.82, 2.24) is 14.9 Å². The average Bonchev–Trinajstić information content (AvgIpc) is 3.16. The van der Waals surface area contributed by atoms with Crippen LogP contribution in [-0.4, -0.2) is 27.1 Å². The molecule has 0 fully saturated rings. The summed E-state index contributed by atoms with van der Waals surface area (Å²) >= 11 is 1.32. The van der Waals surface area contributed by atoms with E-state index in [1.165, 1.54) is 17.3 Å². The van der Waals surface area contributed by atoms with Crippen LogP contribution in [0.25, 0.3) is 11.0 Å². The lowest BCUT2D eigenvalue weighted by molar-refractivity contribution is -0.121. The van der Waals surface area contributed by atoms with Crippen molar-refractivity contribution in [2.45, 2.75) is 32.1 Å². The van der Waals surface area contributed by atoms with Crippen LogP contribution < -0.4 is 10.6 Å². The third kappa shape index (κ3) is 6.02. The van der Waals surface area contributed by atoms with E-state index in [1.54, 1.807) is 0 Å². The molecule has 3 aromatic carbocycles. The van der Waals surface area contributed by atoms with Crippen LogP contribution in [0.4, 0.5) is 5.69 Å². The third-order valence-electron chi connectivity index (χ3n) is 5.20. The van der Waals surface area contributed by atoms with Crippen molar-refractivity contribution in [1.29, 1.82) is 0 Å². The van der Waals surface area contributed by atoms with Gasteiger partial charge in [-0.3, -0.25) is 9.59 Å². The van der Waals surface area contributed by atoms with Crippen molar-refractivity contribution in [2.24, 2.45) is 0 Å². The zero-order chi connectivity index (χ0) is 23.2. The molecule has 4 aromatic rings. The molecule has 7 heteroatoms. The smallest absolute Gasteiger partial charge is 0.240 e. The maximum atomic E-state index is 12.7. The minimum atomic E-state index is -0.119.